The van der Waals surface area contributed by atoms with Crippen LogP contribution in [0, 0.1) is 0 Å². The average molecular weight is 396 g/mol. The lowest BCUT2D eigenvalue weighted by atomic mass is 10.2. The van der Waals surface area contributed by atoms with Crippen molar-refractivity contribution in [2.75, 3.05) is 31.9 Å². The fraction of sp³-hybridized carbons (Fsp3) is 0.579. The molecule has 1 aromatic rings. The van der Waals surface area contributed by atoms with Gasteiger partial charge in [-0.05, 0) is 44.0 Å². The Morgan fingerprint density at radius 2 is 1.85 bits per heavy atom. The van der Waals surface area contributed by atoms with Crippen molar-refractivity contribution in [3.8, 4) is 0 Å². The van der Waals surface area contributed by atoms with Crippen LogP contribution in [0.5, 0.6) is 0 Å². The van der Waals surface area contributed by atoms with E-state index in [-0.39, 0.29) is 17.9 Å². The fourth-order valence-electron chi connectivity index (χ4n) is 3.02. The molecule has 2 amide bonds. The first-order valence-electron chi connectivity index (χ1n) is 9.23. The summed E-state index contributed by atoms with van der Waals surface area (Å²) in [6.07, 6.45) is 2.74. The van der Waals surface area contributed by atoms with Gasteiger partial charge in [0.15, 0.2) is 0 Å². The molecule has 1 saturated carbocycles. The van der Waals surface area contributed by atoms with Crippen molar-refractivity contribution < 1.29 is 9.59 Å². The third-order valence-electron chi connectivity index (χ3n) is 4.92. The standard InChI is InChI=1S/C19H26ClN3O2S/c1-14(19(25)21-16-4-5-16)22-9-11-23(12-10-22)18(24)8-13-26-17-6-2-15(20)3-7-17/h2-3,6-7,14,16H,4-5,8-13H2,1H3,(H,21,25). The van der Waals surface area contributed by atoms with E-state index in [1.54, 1.807) is 11.8 Å². The van der Waals surface area contributed by atoms with Crippen LogP contribution >= 0.6 is 23.4 Å². The molecule has 1 saturated heterocycles. The normalized spacial score (nSPS) is 19.2. The zero-order valence-corrected chi connectivity index (χ0v) is 16.7. The molecule has 1 N–H and O–H groups in total. The highest BCUT2D eigenvalue weighted by atomic mass is 35.5. The van der Waals surface area contributed by atoms with E-state index >= 15 is 0 Å². The molecule has 1 aliphatic heterocycles. The first kappa shape index (κ1) is 19.5. The highest BCUT2D eigenvalue weighted by molar-refractivity contribution is 7.99. The SMILES string of the molecule is CC(C(=O)NC1CC1)N1CCN(C(=O)CCSc2ccc(Cl)cc2)CC1. The van der Waals surface area contributed by atoms with Gasteiger partial charge in [-0.3, -0.25) is 14.5 Å². The molecule has 1 atom stereocenters. The molecular formula is C19H26ClN3O2S. The number of amides is 2. The lowest BCUT2D eigenvalue weighted by Gasteiger charge is -2.37. The Morgan fingerprint density at radius 1 is 1.19 bits per heavy atom. The Hall–Kier alpha value is -1.24. The van der Waals surface area contributed by atoms with E-state index in [4.69, 9.17) is 11.6 Å². The van der Waals surface area contributed by atoms with Gasteiger partial charge >= 0.3 is 0 Å². The van der Waals surface area contributed by atoms with E-state index in [1.807, 2.05) is 36.1 Å². The minimum Gasteiger partial charge on any atom is -0.352 e. The predicted molar refractivity (Wildman–Crippen MR) is 106 cm³/mol. The highest BCUT2D eigenvalue weighted by Crippen LogP contribution is 2.22. The van der Waals surface area contributed by atoms with Gasteiger partial charge in [0.1, 0.15) is 0 Å². The van der Waals surface area contributed by atoms with Crippen LogP contribution in [-0.2, 0) is 9.59 Å². The Morgan fingerprint density at radius 3 is 2.46 bits per heavy atom. The Kier molecular flexibility index (Phi) is 6.84. The van der Waals surface area contributed by atoms with E-state index in [0.717, 1.165) is 41.6 Å². The number of nitrogens with one attached hydrogen (secondary N) is 1. The zero-order chi connectivity index (χ0) is 18.5. The second-order valence-corrected chi connectivity index (χ2v) is 8.53. The maximum absolute atomic E-state index is 12.4. The molecule has 3 rings (SSSR count). The smallest absolute Gasteiger partial charge is 0.237 e. The Balaban J connectivity index is 1.36. The number of piperazine rings is 1. The van der Waals surface area contributed by atoms with Gasteiger partial charge in [-0.2, -0.15) is 0 Å². The second kappa shape index (κ2) is 9.11. The number of halogens is 1. The fourth-order valence-corrected chi connectivity index (χ4v) is 3.99. The van der Waals surface area contributed by atoms with E-state index in [9.17, 15) is 9.59 Å². The van der Waals surface area contributed by atoms with E-state index in [2.05, 4.69) is 10.2 Å². The van der Waals surface area contributed by atoms with Crippen LogP contribution in [0.2, 0.25) is 5.02 Å². The molecular weight excluding hydrogens is 370 g/mol. The molecule has 1 aliphatic carbocycles. The van der Waals surface area contributed by atoms with Gasteiger partial charge in [0, 0.05) is 54.3 Å². The number of rotatable bonds is 7. The van der Waals surface area contributed by atoms with Gasteiger partial charge in [0.25, 0.3) is 0 Å². The van der Waals surface area contributed by atoms with Crippen molar-refractivity contribution in [3.05, 3.63) is 29.3 Å². The molecule has 26 heavy (non-hydrogen) atoms. The summed E-state index contributed by atoms with van der Waals surface area (Å²) in [5, 5.41) is 3.78. The van der Waals surface area contributed by atoms with Crippen LogP contribution in [0.15, 0.2) is 29.2 Å². The number of carbonyl (C=O) groups excluding carboxylic acids is 2. The summed E-state index contributed by atoms with van der Waals surface area (Å²) in [5.41, 5.74) is 0. The molecule has 1 aromatic carbocycles. The van der Waals surface area contributed by atoms with E-state index < -0.39 is 0 Å². The molecule has 5 nitrogen and oxygen atoms in total. The lowest BCUT2D eigenvalue weighted by Crippen LogP contribution is -2.55. The molecule has 0 radical (unpaired) electrons. The predicted octanol–water partition coefficient (Wildman–Crippen LogP) is 2.63. The van der Waals surface area contributed by atoms with Crippen LogP contribution in [0.4, 0.5) is 0 Å². The average Bonchev–Trinajstić information content (AvgIpc) is 3.46. The van der Waals surface area contributed by atoms with Gasteiger partial charge < -0.3 is 10.2 Å². The summed E-state index contributed by atoms with van der Waals surface area (Å²) in [7, 11) is 0. The second-order valence-electron chi connectivity index (χ2n) is 6.93. The summed E-state index contributed by atoms with van der Waals surface area (Å²) in [5.74, 6) is 1.08. The number of benzene rings is 1. The van der Waals surface area contributed by atoms with Crippen LogP contribution in [0.1, 0.15) is 26.2 Å². The lowest BCUT2D eigenvalue weighted by molar-refractivity contribution is -0.133. The number of hydrogen-bond acceptors (Lipinski definition) is 4. The number of thioether (sulfide) groups is 1. The number of hydrogen-bond donors (Lipinski definition) is 1. The Bertz CT molecular complexity index is 628. The summed E-state index contributed by atoms with van der Waals surface area (Å²) < 4.78 is 0. The van der Waals surface area contributed by atoms with Gasteiger partial charge in [-0.25, -0.2) is 0 Å². The van der Waals surface area contributed by atoms with Crippen LogP contribution < -0.4 is 5.32 Å². The molecule has 0 spiro atoms. The molecule has 0 aromatic heterocycles. The van der Waals surface area contributed by atoms with Crippen molar-refractivity contribution in [1.29, 1.82) is 0 Å². The summed E-state index contributed by atoms with van der Waals surface area (Å²) in [4.78, 5) is 29.8. The molecule has 2 aliphatic rings. The van der Waals surface area contributed by atoms with Gasteiger partial charge in [-0.15, -0.1) is 11.8 Å². The first-order valence-corrected chi connectivity index (χ1v) is 10.6. The minimum atomic E-state index is -0.117. The first-order chi connectivity index (χ1) is 12.5. The topological polar surface area (TPSA) is 52.7 Å². The monoisotopic (exact) mass is 395 g/mol. The highest BCUT2D eigenvalue weighted by Gasteiger charge is 2.30. The molecule has 1 heterocycles. The Labute approximate surface area is 164 Å². The summed E-state index contributed by atoms with van der Waals surface area (Å²) >= 11 is 7.55. The molecule has 142 valence electrons. The van der Waals surface area contributed by atoms with E-state index in [0.29, 0.717) is 25.6 Å². The maximum atomic E-state index is 12.4. The minimum absolute atomic E-state index is 0.117. The van der Waals surface area contributed by atoms with Crippen LogP contribution in [-0.4, -0.2) is 65.6 Å². The largest absolute Gasteiger partial charge is 0.352 e. The van der Waals surface area contributed by atoms with Crippen LogP contribution in [0.3, 0.4) is 0 Å². The molecule has 1 unspecified atom stereocenters. The zero-order valence-electron chi connectivity index (χ0n) is 15.1. The van der Waals surface area contributed by atoms with Crippen molar-refractivity contribution in [2.45, 2.75) is 43.2 Å². The van der Waals surface area contributed by atoms with E-state index in [1.165, 1.54) is 0 Å². The van der Waals surface area contributed by atoms with Crippen molar-refractivity contribution >= 4 is 35.2 Å². The van der Waals surface area contributed by atoms with Gasteiger partial charge in [0.05, 0.1) is 6.04 Å². The van der Waals surface area contributed by atoms with Crippen molar-refractivity contribution in [1.82, 2.24) is 15.1 Å². The molecule has 2 fully saturated rings. The third kappa shape index (κ3) is 5.63. The van der Waals surface area contributed by atoms with Crippen molar-refractivity contribution in [3.63, 3.8) is 0 Å². The maximum Gasteiger partial charge on any atom is 0.237 e. The van der Waals surface area contributed by atoms with Crippen LogP contribution in [0.25, 0.3) is 0 Å². The number of carbonyl (C=O) groups is 2. The molecule has 0 bridgehead atoms. The number of nitrogens with zero attached hydrogens (tertiary/aromatic N) is 2. The molecule has 7 heteroatoms. The quantitative estimate of drug-likeness (QED) is 0.721. The van der Waals surface area contributed by atoms with Crippen molar-refractivity contribution in [2.24, 2.45) is 0 Å². The van der Waals surface area contributed by atoms with Gasteiger partial charge in [0.2, 0.25) is 11.8 Å². The van der Waals surface area contributed by atoms with Gasteiger partial charge in [-0.1, -0.05) is 11.6 Å². The summed E-state index contributed by atoms with van der Waals surface area (Å²) in [6, 6.07) is 7.96. The third-order valence-corrected chi connectivity index (χ3v) is 6.18. The summed E-state index contributed by atoms with van der Waals surface area (Å²) in [6.45, 7) is 4.87.